The number of urea groups is 1. The highest BCUT2D eigenvalue weighted by atomic mass is 16.5. The predicted molar refractivity (Wildman–Crippen MR) is 147 cm³/mol. The second-order valence-corrected chi connectivity index (χ2v) is 10.1. The molecular formula is C30H34N4O3. The Morgan fingerprint density at radius 1 is 1.00 bits per heavy atom. The van der Waals surface area contributed by atoms with E-state index in [1.165, 1.54) is 0 Å². The summed E-state index contributed by atoms with van der Waals surface area (Å²) in [5.74, 6) is 1.01. The molecule has 0 fully saturated rings. The van der Waals surface area contributed by atoms with Gasteiger partial charge in [-0.2, -0.15) is 0 Å². The second kappa shape index (κ2) is 10.9. The lowest BCUT2D eigenvalue weighted by molar-refractivity contribution is 0.168. The monoisotopic (exact) mass is 498 g/mol. The number of ether oxygens (including phenoxy) is 1. The summed E-state index contributed by atoms with van der Waals surface area (Å²) >= 11 is 0. The lowest BCUT2D eigenvalue weighted by Crippen LogP contribution is -2.50. The molecule has 0 spiro atoms. The number of benzene rings is 3. The Morgan fingerprint density at radius 2 is 1.65 bits per heavy atom. The van der Waals surface area contributed by atoms with Gasteiger partial charge in [-0.1, -0.05) is 54.6 Å². The molecule has 4 rings (SSSR count). The summed E-state index contributed by atoms with van der Waals surface area (Å²) < 4.78 is 7.18. The van der Waals surface area contributed by atoms with E-state index in [2.05, 4.69) is 5.32 Å². The third-order valence-electron chi connectivity index (χ3n) is 6.20. The fourth-order valence-electron chi connectivity index (χ4n) is 4.37. The third kappa shape index (κ3) is 5.82. The summed E-state index contributed by atoms with van der Waals surface area (Å²) in [4.78, 5) is 34.1. The van der Waals surface area contributed by atoms with Crippen molar-refractivity contribution < 1.29 is 9.53 Å². The Balaban J connectivity index is 1.87. The first kappa shape index (κ1) is 25.9. The van der Waals surface area contributed by atoms with Gasteiger partial charge in [-0.05, 0) is 63.9 Å². The van der Waals surface area contributed by atoms with Gasteiger partial charge < -0.3 is 15.0 Å². The average molecular weight is 499 g/mol. The fraction of sp³-hybridized carbons (Fsp3) is 0.300. The van der Waals surface area contributed by atoms with Crippen LogP contribution in [0.25, 0.3) is 16.6 Å². The van der Waals surface area contributed by atoms with Crippen LogP contribution in [-0.4, -0.2) is 39.7 Å². The molecule has 192 valence electrons. The zero-order chi connectivity index (χ0) is 26.6. The lowest BCUT2D eigenvalue weighted by atomic mass is 10.1. The normalized spacial score (nSPS) is 12.2. The van der Waals surface area contributed by atoms with Gasteiger partial charge in [-0.15, -0.1) is 0 Å². The third-order valence-corrected chi connectivity index (χ3v) is 6.20. The number of carbonyl (C=O) groups excluding carboxylic acids is 1. The highest BCUT2D eigenvalue weighted by Crippen LogP contribution is 2.28. The van der Waals surface area contributed by atoms with Gasteiger partial charge in [0.15, 0.2) is 0 Å². The summed E-state index contributed by atoms with van der Waals surface area (Å²) in [6.07, 6.45) is 0.662. The number of hydrogen-bond acceptors (Lipinski definition) is 4. The Bertz CT molecular complexity index is 1440. The average Bonchev–Trinajstić information content (AvgIpc) is 2.88. The molecule has 37 heavy (non-hydrogen) atoms. The van der Waals surface area contributed by atoms with Crippen molar-refractivity contribution >= 4 is 16.9 Å². The zero-order valence-electron chi connectivity index (χ0n) is 22.1. The van der Waals surface area contributed by atoms with Crippen molar-refractivity contribution in [2.24, 2.45) is 0 Å². The maximum absolute atomic E-state index is 13.9. The van der Waals surface area contributed by atoms with Crippen molar-refractivity contribution in [2.45, 2.75) is 45.7 Å². The summed E-state index contributed by atoms with van der Waals surface area (Å²) in [5, 5.41) is 3.59. The van der Waals surface area contributed by atoms with Crippen LogP contribution in [0, 0.1) is 0 Å². The molecule has 0 aliphatic rings. The number of nitrogens with one attached hydrogen (secondary N) is 1. The highest BCUT2D eigenvalue weighted by Gasteiger charge is 2.29. The first-order chi connectivity index (χ1) is 17.7. The van der Waals surface area contributed by atoms with Crippen LogP contribution in [-0.2, 0) is 6.42 Å². The van der Waals surface area contributed by atoms with Crippen LogP contribution in [0.15, 0.2) is 83.7 Å². The highest BCUT2D eigenvalue weighted by molar-refractivity contribution is 5.79. The van der Waals surface area contributed by atoms with Gasteiger partial charge in [0.1, 0.15) is 11.6 Å². The molecule has 1 aromatic heterocycles. The molecule has 7 nitrogen and oxygen atoms in total. The summed E-state index contributed by atoms with van der Waals surface area (Å²) in [7, 11) is 1.57. The number of hydrogen-bond donors (Lipinski definition) is 1. The number of fused-ring (bicyclic) bond motifs is 1. The molecule has 0 saturated carbocycles. The SMILES string of the molecule is COc1ccccc1-n1c(C(C)N(CCc2ccccc2)C(=O)NC(C)(C)C)nc2ccccc2c1=O. The first-order valence-corrected chi connectivity index (χ1v) is 12.5. The van der Waals surface area contributed by atoms with E-state index in [1.54, 1.807) is 22.6 Å². The van der Waals surface area contributed by atoms with E-state index in [9.17, 15) is 9.59 Å². The fourth-order valence-corrected chi connectivity index (χ4v) is 4.37. The Kier molecular flexibility index (Phi) is 7.62. The largest absolute Gasteiger partial charge is 0.495 e. The lowest BCUT2D eigenvalue weighted by Gasteiger charge is -2.33. The topological polar surface area (TPSA) is 76.5 Å². The minimum absolute atomic E-state index is 0.212. The number of carbonyl (C=O) groups is 1. The van der Waals surface area contributed by atoms with Crippen molar-refractivity contribution in [3.05, 3.63) is 101 Å². The molecule has 0 bridgehead atoms. The van der Waals surface area contributed by atoms with Gasteiger partial charge in [0.25, 0.3) is 5.56 Å². The summed E-state index contributed by atoms with van der Waals surface area (Å²) in [6, 6.07) is 23.9. The minimum atomic E-state index is -0.520. The van der Waals surface area contributed by atoms with E-state index in [-0.39, 0.29) is 11.6 Å². The van der Waals surface area contributed by atoms with E-state index in [0.29, 0.717) is 41.1 Å². The summed E-state index contributed by atoms with van der Waals surface area (Å²) in [5.41, 5.74) is 1.64. The van der Waals surface area contributed by atoms with Gasteiger partial charge >= 0.3 is 6.03 Å². The van der Waals surface area contributed by atoms with Crippen molar-refractivity contribution in [1.29, 1.82) is 0 Å². The van der Waals surface area contributed by atoms with E-state index in [4.69, 9.17) is 9.72 Å². The maximum atomic E-state index is 13.9. The molecule has 0 radical (unpaired) electrons. The standard InChI is InChI=1S/C30H34N4O3/c1-21(33(29(36)32-30(2,3)4)20-19-22-13-7-6-8-14-22)27-31-24-16-10-9-15-23(24)28(35)34(27)25-17-11-12-18-26(25)37-5/h6-18,21H,19-20H2,1-5H3,(H,32,36). The molecule has 7 heteroatoms. The van der Waals surface area contributed by atoms with Crippen molar-refractivity contribution in [3.63, 3.8) is 0 Å². The van der Waals surface area contributed by atoms with Gasteiger partial charge in [0, 0.05) is 12.1 Å². The van der Waals surface area contributed by atoms with Gasteiger partial charge in [-0.3, -0.25) is 9.36 Å². The Hall–Kier alpha value is -4.13. The van der Waals surface area contributed by atoms with E-state index in [0.717, 1.165) is 5.56 Å². The van der Waals surface area contributed by atoms with Crippen LogP contribution in [0.5, 0.6) is 5.75 Å². The Labute approximate surface area is 217 Å². The van der Waals surface area contributed by atoms with Crippen LogP contribution in [0.4, 0.5) is 4.79 Å². The number of methoxy groups -OCH3 is 1. The van der Waals surface area contributed by atoms with E-state index < -0.39 is 11.6 Å². The maximum Gasteiger partial charge on any atom is 0.318 e. The van der Waals surface area contributed by atoms with Crippen LogP contribution < -0.4 is 15.6 Å². The first-order valence-electron chi connectivity index (χ1n) is 12.5. The molecule has 0 aliphatic heterocycles. The molecule has 1 heterocycles. The van der Waals surface area contributed by atoms with Crippen LogP contribution in [0.2, 0.25) is 0 Å². The second-order valence-electron chi connectivity index (χ2n) is 10.1. The van der Waals surface area contributed by atoms with Crippen molar-refractivity contribution in [1.82, 2.24) is 19.8 Å². The number of para-hydroxylation sites is 3. The molecule has 1 unspecified atom stereocenters. The van der Waals surface area contributed by atoms with Gasteiger partial charge in [-0.25, -0.2) is 9.78 Å². The number of rotatable bonds is 7. The van der Waals surface area contributed by atoms with Gasteiger partial charge in [0.05, 0.1) is 29.7 Å². The smallest absolute Gasteiger partial charge is 0.318 e. The van der Waals surface area contributed by atoms with Crippen molar-refractivity contribution in [3.8, 4) is 11.4 Å². The molecule has 4 aromatic rings. The Morgan fingerprint density at radius 3 is 2.35 bits per heavy atom. The zero-order valence-corrected chi connectivity index (χ0v) is 22.1. The number of amides is 2. The molecule has 1 atom stereocenters. The summed E-state index contributed by atoms with van der Waals surface area (Å²) in [6.45, 7) is 8.20. The molecule has 1 N–H and O–H groups in total. The predicted octanol–water partition coefficient (Wildman–Crippen LogP) is 5.51. The van der Waals surface area contributed by atoms with E-state index in [1.807, 2.05) is 100 Å². The van der Waals surface area contributed by atoms with Crippen LogP contribution in [0.1, 0.15) is 45.1 Å². The van der Waals surface area contributed by atoms with E-state index >= 15 is 0 Å². The van der Waals surface area contributed by atoms with Crippen LogP contribution >= 0.6 is 0 Å². The molecule has 0 saturated heterocycles. The molecule has 3 aromatic carbocycles. The molecule has 2 amide bonds. The molecular weight excluding hydrogens is 464 g/mol. The number of aromatic nitrogens is 2. The minimum Gasteiger partial charge on any atom is -0.495 e. The quantitative estimate of drug-likeness (QED) is 0.365. The van der Waals surface area contributed by atoms with Crippen LogP contribution in [0.3, 0.4) is 0 Å². The van der Waals surface area contributed by atoms with Crippen molar-refractivity contribution in [2.75, 3.05) is 13.7 Å². The van der Waals surface area contributed by atoms with Gasteiger partial charge in [0.2, 0.25) is 0 Å². The number of nitrogens with zero attached hydrogens (tertiary/aromatic N) is 3. The molecule has 0 aliphatic carbocycles.